The average molecular weight is 1060 g/mol. The molecule has 0 aromatic carbocycles. The van der Waals surface area contributed by atoms with Crippen LogP contribution in [0.4, 0.5) is 4.79 Å². The van der Waals surface area contributed by atoms with Crippen molar-refractivity contribution in [1.29, 1.82) is 0 Å². The fourth-order valence-corrected chi connectivity index (χ4v) is 11.0. The highest BCUT2D eigenvalue weighted by Gasteiger charge is 2.53. The van der Waals surface area contributed by atoms with Gasteiger partial charge in [0.2, 0.25) is 0 Å². The Bertz CT molecular complexity index is 1840. The van der Waals surface area contributed by atoms with Crippen molar-refractivity contribution in [3.63, 3.8) is 0 Å². The number of oxime groups is 1. The zero-order chi connectivity index (χ0) is 55.7. The molecular weight excluding hydrogens is 967 g/mol. The molecule has 4 heterocycles. The van der Waals surface area contributed by atoms with E-state index in [-0.39, 0.29) is 43.9 Å². The molecule has 2 N–H and O–H groups in total. The highest BCUT2D eigenvalue weighted by Crippen LogP contribution is 2.40. The molecule has 4 rings (SSSR count). The van der Waals surface area contributed by atoms with Gasteiger partial charge in [0.25, 0.3) is 0 Å². The highest BCUT2D eigenvalue weighted by atomic mass is 16.7. The van der Waals surface area contributed by atoms with E-state index < -0.39 is 145 Å². The molecule has 0 bridgehead atoms. The third-order valence-corrected chi connectivity index (χ3v) is 15.3. The number of carbonyl (C=O) groups is 4. The third kappa shape index (κ3) is 16.0. The van der Waals surface area contributed by atoms with Gasteiger partial charge in [-0.3, -0.25) is 14.4 Å². The Balaban J connectivity index is 1.97. The smallest absolute Gasteiger partial charge is 0.410 e. The number of hydrogen-bond donors (Lipinski definition) is 2. The maximum Gasteiger partial charge on any atom is 0.410 e. The van der Waals surface area contributed by atoms with Gasteiger partial charge in [-0.25, -0.2) is 4.79 Å². The number of esters is 2. The molecule has 1 amide bonds. The topological polar surface area (TPSA) is 238 Å². The minimum Gasteiger partial charge on any atom is -0.461 e. The predicted octanol–water partition coefficient (Wildman–Crippen LogP) is 4.98. The van der Waals surface area contributed by atoms with Crippen LogP contribution in [0, 0.1) is 41.4 Å². The van der Waals surface area contributed by atoms with Crippen LogP contribution in [0.15, 0.2) is 5.16 Å². The monoisotopic (exact) mass is 1060 g/mol. The maximum atomic E-state index is 15.6. The Hall–Kier alpha value is -3.09. The summed E-state index contributed by atoms with van der Waals surface area (Å²) in [5, 5.41) is 26.7. The lowest BCUT2D eigenvalue weighted by atomic mass is 9.74. The van der Waals surface area contributed by atoms with Crippen molar-refractivity contribution in [2.75, 3.05) is 55.6 Å². The molecule has 74 heavy (non-hydrogen) atoms. The largest absolute Gasteiger partial charge is 0.461 e. The minimum atomic E-state index is -1.90. The molecule has 0 spiro atoms. The van der Waals surface area contributed by atoms with Crippen molar-refractivity contribution in [3.05, 3.63) is 0 Å². The van der Waals surface area contributed by atoms with Gasteiger partial charge in [-0.05, 0) is 66.8 Å². The van der Waals surface area contributed by atoms with Gasteiger partial charge in [0.1, 0.15) is 43.7 Å². The standard InChI is InChI=1S/C53H93N3O18/c1-26(2)20-38(57)70-44-33(9)43(28(4)25-66-51-47(64-18)46(63-17)40(58)36(12)69-51)72-49(61)35(11)45(71-39-21-29(5)56(16)24-31(7)67-39)32(8)42(73-50-41(59)37(54-65-19)22-30(6)68-50)27(3)23-53(13,48(60)34(44)10)74-52(62)55(14)15/h26-36,39-47,50-51,58-59H,20-25H2,1-19H3/b54-37+/t27-,28?,29+,30+,31-,32+,33-,34+,35+,36+,39-,40+,41+,42-,43+,44+,45-,46+,47+,50-,51+,53-/m0/s1. The number of rotatable bonds is 15. The van der Waals surface area contributed by atoms with Crippen LogP contribution in [0.2, 0.25) is 0 Å². The van der Waals surface area contributed by atoms with Gasteiger partial charge < -0.3 is 77.0 Å². The SMILES string of the molecule is CO/N=C1\C[C@@H](C)O[C@@H](O[C@@H]2[C@@H](C)[C@H](O[C@H]3C[C@@H](C)N(C)C[C@H](C)O3)[C@@H](C)C(=O)O[C@H](C(C)CO[C@@H]3O[C@H](C)[C@@H](O)[C@@H](OC)[C@H]3OC)[C@H](C)[C@@H](OC(=O)CC(C)C)[C@@H](C)C(=O)[C@@](C)(OC(=O)N(C)C)C[C@@H]2C)[C@@H]1O. The molecule has 4 fully saturated rings. The number of aliphatic hydroxyl groups is 2. The zero-order valence-corrected chi connectivity index (χ0v) is 47.7. The number of cyclic esters (lactones) is 1. The van der Waals surface area contributed by atoms with Gasteiger partial charge in [0.15, 0.2) is 30.3 Å². The number of likely N-dealkylation sites (N-methyl/N-ethyl adjacent to an activating group) is 1. The van der Waals surface area contributed by atoms with E-state index in [0.717, 1.165) is 0 Å². The number of ketones is 1. The fraction of sp³-hybridized carbons (Fsp3) is 0.906. The summed E-state index contributed by atoms with van der Waals surface area (Å²) in [7, 11) is 9.32. The molecule has 21 heteroatoms. The summed E-state index contributed by atoms with van der Waals surface area (Å²) in [4.78, 5) is 67.0. The maximum absolute atomic E-state index is 15.6. The van der Waals surface area contributed by atoms with E-state index in [1.54, 1.807) is 34.6 Å². The van der Waals surface area contributed by atoms with Crippen molar-refractivity contribution in [1.82, 2.24) is 9.80 Å². The van der Waals surface area contributed by atoms with Gasteiger partial charge in [0.05, 0.1) is 54.7 Å². The lowest BCUT2D eigenvalue weighted by Gasteiger charge is -2.45. The minimum absolute atomic E-state index is 0.0209. The van der Waals surface area contributed by atoms with E-state index in [1.807, 2.05) is 48.6 Å². The summed E-state index contributed by atoms with van der Waals surface area (Å²) in [5.41, 5.74) is -1.60. The summed E-state index contributed by atoms with van der Waals surface area (Å²) in [6.07, 6.45) is -13.1. The van der Waals surface area contributed by atoms with E-state index in [0.29, 0.717) is 18.7 Å². The van der Waals surface area contributed by atoms with Crippen molar-refractivity contribution in [2.45, 2.75) is 213 Å². The Morgan fingerprint density at radius 2 is 1.47 bits per heavy atom. The zero-order valence-electron chi connectivity index (χ0n) is 47.7. The summed E-state index contributed by atoms with van der Waals surface area (Å²) < 4.78 is 69.9. The van der Waals surface area contributed by atoms with Crippen LogP contribution in [0.3, 0.4) is 0 Å². The molecule has 0 radical (unpaired) electrons. The van der Waals surface area contributed by atoms with Crippen molar-refractivity contribution >= 4 is 29.5 Å². The Morgan fingerprint density at radius 1 is 0.824 bits per heavy atom. The molecule has 4 aliphatic heterocycles. The molecule has 428 valence electrons. The average Bonchev–Trinajstić information content (AvgIpc) is 3.44. The predicted molar refractivity (Wildman–Crippen MR) is 270 cm³/mol. The first-order valence-electron chi connectivity index (χ1n) is 26.5. The Morgan fingerprint density at radius 3 is 2.07 bits per heavy atom. The summed E-state index contributed by atoms with van der Waals surface area (Å²) in [6, 6.07) is 0.0236. The third-order valence-electron chi connectivity index (χ3n) is 15.3. The van der Waals surface area contributed by atoms with E-state index >= 15 is 9.59 Å². The second kappa shape index (κ2) is 28.0. The lowest BCUT2D eigenvalue weighted by molar-refractivity contribution is -0.305. The fourth-order valence-electron chi connectivity index (χ4n) is 11.0. The molecule has 0 aromatic rings. The quantitative estimate of drug-likeness (QED) is 0.125. The molecule has 0 saturated carbocycles. The number of carbonyl (C=O) groups excluding carboxylic acids is 4. The summed E-state index contributed by atoms with van der Waals surface area (Å²) in [6.45, 7) is 23.9. The normalized spacial score (nSPS) is 41.4. The van der Waals surface area contributed by atoms with Crippen LogP contribution in [-0.2, 0) is 71.3 Å². The van der Waals surface area contributed by atoms with Gasteiger partial charge >= 0.3 is 18.0 Å². The number of nitrogens with zero attached hydrogens (tertiary/aromatic N) is 3. The van der Waals surface area contributed by atoms with Gasteiger partial charge in [-0.15, -0.1) is 0 Å². The van der Waals surface area contributed by atoms with E-state index in [2.05, 4.69) is 17.0 Å². The van der Waals surface area contributed by atoms with Crippen molar-refractivity contribution in [3.8, 4) is 0 Å². The number of ether oxygens (including phenoxy) is 11. The highest BCUT2D eigenvalue weighted by molar-refractivity contribution is 5.91. The van der Waals surface area contributed by atoms with Crippen LogP contribution in [0.5, 0.6) is 0 Å². The van der Waals surface area contributed by atoms with Gasteiger partial charge in [-0.1, -0.05) is 53.6 Å². The second-order valence-corrected chi connectivity index (χ2v) is 22.5. The summed E-state index contributed by atoms with van der Waals surface area (Å²) in [5.74, 6) is -7.19. The first-order chi connectivity index (χ1) is 34.6. The number of hydrogen-bond acceptors (Lipinski definition) is 20. The molecular formula is C53H93N3O18. The molecule has 0 aliphatic carbocycles. The van der Waals surface area contributed by atoms with Gasteiger partial charge in [-0.2, -0.15) is 0 Å². The number of Topliss-reactive ketones (excluding diaryl/α,β-unsaturated/α-hetero) is 1. The lowest BCUT2D eigenvalue weighted by Crippen LogP contribution is -2.59. The molecule has 21 nitrogen and oxygen atoms in total. The second-order valence-electron chi connectivity index (χ2n) is 22.5. The Kier molecular flexibility index (Phi) is 24.0. The number of aliphatic hydroxyl groups excluding tert-OH is 2. The molecule has 4 saturated heterocycles. The van der Waals surface area contributed by atoms with Gasteiger partial charge in [0, 0.05) is 77.9 Å². The Labute approximate surface area is 440 Å². The molecule has 0 aromatic heterocycles. The van der Waals surface area contributed by atoms with Crippen LogP contribution in [0.25, 0.3) is 0 Å². The molecule has 4 aliphatic rings. The number of amides is 1. The first-order valence-corrected chi connectivity index (χ1v) is 26.5. The van der Waals surface area contributed by atoms with E-state index in [4.69, 9.17) is 56.9 Å². The van der Waals surface area contributed by atoms with E-state index in [9.17, 15) is 19.8 Å². The molecule has 22 atom stereocenters. The molecule has 1 unspecified atom stereocenters. The summed E-state index contributed by atoms with van der Waals surface area (Å²) >= 11 is 0. The van der Waals surface area contributed by atoms with Crippen molar-refractivity contribution in [2.24, 2.45) is 46.6 Å². The van der Waals surface area contributed by atoms with Crippen LogP contribution in [-0.4, -0.2) is 203 Å². The van der Waals surface area contributed by atoms with Crippen LogP contribution < -0.4 is 0 Å². The van der Waals surface area contributed by atoms with E-state index in [1.165, 1.54) is 47.2 Å². The number of methoxy groups -OCH3 is 2. The van der Waals surface area contributed by atoms with Crippen LogP contribution in [0.1, 0.15) is 116 Å². The first kappa shape index (κ1) is 63.4. The van der Waals surface area contributed by atoms with Crippen molar-refractivity contribution < 1.29 is 86.3 Å². The van der Waals surface area contributed by atoms with Crippen LogP contribution >= 0.6 is 0 Å².